The minimum atomic E-state index is 0.0916. The molecule has 4 heteroatoms. The monoisotopic (exact) mass is 240 g/mol. The second kappa shape index (κ2) is 5.25. The van der Waals surface area contributed by atoms with Crippen LogP contribution in [0, 0.1) is 12.8 Å². The smallest absolute Gasteiger partial charge is 0.0897 e. The Labute approximate surface area is 101 Å². The van der Waals surface area contributed by atoms with E-state index in [1.54, 1.807) is 11.3 Å². The van der Waals surface area contributed by atoms with E-state index in [1.165, 1.54) is 12.8 Å². The Morgan fingerprint density at radius 2 is 2.38 bits per heavy atom. The Bertz CT molecular complexity index is 336. The zero-order valence-electron chi connectivity index (χ0n) is 9.98. The van der Waals surface area contributed by atoms with Crippen molar-refractivity contribution in [1.29, 1.82) is 0 Å². The number of nitrogens with two attached hydrogens (primary N) is 1. The molecule has 1 aliphatic carbocycles. The first-order valence-corrected chi connectivity index (χ1v) is 6.87. The maximum absolute atomic E-state index is 6.23. The lowest BCUT2D eigenvalue weighted by Crippen LogP contribution is -2.40. The van der Waals surface area contributed by atoms with Gasteiger partial charge in [0.05, 0.1) is 16.8 Å². The molecule has 0 aromatic carbocycles. The van der Waals surface area contributed by atoms with Crippen molar-refractivity contribution in [3.63, 3.8) is 0 Å². The summed E-state index contributed by atoms with van der Waals surface area (Å²) in [5.74, 6) is 0.690. The first-order valence-electron chi connectivity index (χ1n) is 5.99. The van der Waals surface area contributed by atoms with Crippen LogP contribution in [0.5, 0.6) is 0 Å². The van der Waals surface area contributed by atoms with Gasteiger partial charge in [0.25, 0.3) is 0 Å². The van der Waals surface area contributed by atoms with Gasteiger partial charge in [0.1, 0.15) is 0 Å². The summed E-state index contributed by atoms with van der Waals surface area (Å²) in [6, 6.07) is 0.0916. The molecular formula is C12H20N2OS. The van der Waals surface area contributed by atoms with Crippen LogP contribution < -0.4 is 5.73 Å². The van der Waals surface area contributed by atoms with E-state index in [9.17, 15) is 0 Å². The van der Waals surface area contributed by atoms with Crippen LogP contribution in [0.25, 0.3) is 0 Å². The molecular weight excluding hydrogens is 220 g/mol. The molecule has 0 bridgehead atoms. The highest BCUT2D eigenvalue weighted by Gasteiger charge is 2.35. The van der Waals surface area contributed by atoms with Crippen molar-refractivity contribution in [3.8, 4) is 0 Å². The molecule has 2 rings (SSSR count). The summed E-state index contributed by atoms with van der Waals surface area (Å²) in [5, 5.41) is 3.21. The van der Waals surface area contributed by atoms with Gasteiger partial charge in [-0.1, -0.05) is 0 Å². The molecule has 1 aliphatic rings. The summed E-state index contributed by atoms with van der Waals surface area (Å²) in [7, 11) is 0. The third-order valence-corrected chi connectivity index (χ3v) is 3.80. The highest BCUT2D eigenvalue weighted by molar-refractivity contribution is 7.09. The predicted octanol–water partition coefficient (Wildman–Crippen LogP) is 2.14. The zero-order valence-corrected chi connectivity index (χ0v) is 10.8. The molecule has 3 nitrogen and oxygen atoms in total. The second-order valence-electron chi connectivity index (χ2n) is 4.48. The number of nitrogens with zero attached hydrogens (tertiary/aromatic N) is 1. The van der Waals surface area contributed by atoms with Gasteiger partial charge in [0, 0.05) is 24.4 Å². The van der Waals surface area contributed by atoms with Crippen molar-refractivity contribution in [2.75, 3.05) is 6.61 Å². The zero-order chi connectivity index (χ0) is 11.5. The molecule has 0 saturated heterocycles. The Kier molecular flexibility index (Phi) is 3.95. The molecule has 1 fully saturated rings. The van der Waals surface area contributed by atoms with Gasteiger partial charge in [0.15, 0.2) is 0 Å². The molecule has 2 N–H and O–H groups in total. The summed E-state index contributed by atoms with van der Waals surface area (Å²) in [5.41, 5.74) is 7.34. The van der Waals surface area contributed by atoms with E-state index in [-0.39, 0.29) is 12.1 Å². The highest BCUT2D eigenvalue weighted by Crippen LogP contribution is 2.36. The van der Waals surface area contributed by atoms with Crippen LogP contribution in [-0.2, 0) is 11.2 Å². The fourth-order valence-corrected chi connectivity index (χ4v) is 2.71. The number of ether oxygens (including phenoxy) is 1. The van der Waals surface area contributed by atoms with Crippen LogP contribution in [0.1, 0.15) is 30.5 Å². The van der Waals surface area contributed by atoms with Crippen LogP contribution >= 0.6 is 11.3 Å². The summed E-state index contributed by atoms with van der Waals surface area (Å²) in [6.07, 6.45) is 3.61. The molecule has 0 amide bonds. The van der Waals surface area contributed by atoms with Crippen molar-refractivity contribution in [2.45, 2.75) is 45.3 Å². The Morgan fingerprint density at radius 1 is 1.62 bits per heavy atom. The minimum Gasteiger partial charge on any atom is -0.377 e. The van der Waals surface area contributed by atoms with Crippen molar-refractivity contribution >= 4 is 11.3 Å². The molecule has 90 valence electrons. The lowest BCUT2D eigenvalue weighted by molar-refractivity contribution is 0.0286. The average molecular weight is 240 g/mol. The summed E-state index contributed by atoms with van der Waals surface area (Å²) >= 11 is 1.69. The molecule has 2 atom stereocenters. The predicted molar refractivity (Wildman–Crippen MR) is 66.7 cm³/mol. The molecule has 1 aromatic heterocycles. The number of thiazole rings is 1. The SMILES string of the molecule is CCOC(C(N)Cc1csc(C)n1)C1CC1. The Hall–Kier alpha value is -0.450. The van der Waals surface area contributed by atoms with Crippen molar-refractivity contribution in [1.82, 2.24) is 4.98 Å². The van der Waals surface area contributed by atoms with E-state index in [0.717, 1.165) is 23.7 Å². The molecule has 1 saturated carbocycles. The van der Waals surface area contributed by atoms with Gasteiger partial charge in [0.2, 0.25) is 0 Å². The van der Waals surface area contributed by atoms with E-state index in [1.807, 2.05) is 13.8 Å². The van der Waals surface area contributed by atoms with Gasteiger partial charge in [-0.3, -0.25) is 0 Å². The van der Waals surface area contributed by atoms with Crippen molar-refractivity contribution in [2.24, 2.45) is 11.7 Å². The molecule has 1 heterocycles. The number of rotatable bonds is 6. The van der Waals surface area contributed by atoms with Gasteiger partial charge in [-0.25, -0.2) is 4.98 Å². The third kappa shape index (κ3) is 3.03. The van der Waals surface area contributed by atoms with Gasteiger partial charge in [-0.15, -0.1) is 11.3 Å². The van der Waals surface area contributed by atoms with E-state index in [0.29, 0.717) is 5.92 Å². The fraction of sp³-hybridized carbons (Fsp3) is 0.750. The molecule has 0 spiro atoms. The first kappa shape index (κ1) is 12.0. The molecule has 2 unspecified atom stereocenters. The van der Waals surface area contributed by atoms with Crippen LogP contribution in [0.4, 0.5) is 0 Å². The van der Waals surface area contributed by atoms with Crippen molar-refractivity contribution in [3.05, 3.63) is 16.1 Å². The topological polar surface area (TPSA) is 48.1 Å². The normalized spacial score (nSPS) is 19.7. The molecule has 0 radical (unpaired) electrons. The number of aryl methyl sites for hydroxylation is 1. The second-order valence-corrected chi connectivity index (χ2v) is 5.55. The van der Waals surface area contributed by atoms with Gasteiger partial charge >= 0.3 is 0 Å². The van der Waals surface area contributed by atoms with Gasteiger partial charge < -0.3 is 10.5 Å². The lowest BCUT2D eigenvalue weighted by atomic mass is 10.0. The number of hydrogen-bond acceptors (Lipinski definition) is 4. The van der Waals surface area contributed by atoms with Gasteiger partial charge in [-0.2, -0.15) is 0 Å². The number of hydrogen-bond donors (Lipinski definition) is 1. The maximum Gasteiger partial charge on any atom is 0.0897 e. The number of aromatic nitrogens is 1. The molecule has 1 aromatic rings. The Balaban J connectivity index is 1.91. The van der Waals surface area contributed by atoms with E-state index in [4.69, 9.17) is 10.5 Å². The Morgan fingerprint density at radius 3 is 2.88 bits per heavy atom. The van der Waals surface area contributed by atoms with Crippen LogP contribution in [0.15, 0.2) is 5.38 Å². The lowest BCUT2D eigenvalue weighted by Gasteiger charge is -2.23. The summed E-state index contributed by atoms with van der Waals surface area (Å²) < 4.78 is 5.76. The van der Waals surface area contributed by atoms with Crippen LogP contribution in [0.3, 0.4) is 0 Å². The molecule has 0 aliphatic heterocycles. The third-order valence-electron chi connectivity index (χ3n) is 2.98. The molecule has 16 heavy (non-hydrogen) atoms. The van der Waals surface area contributed by atoms with Crippen LogP contribution in [-0.4, -0.2) is 23.7 Å². The quantitative estimate of drug-likeness (QED) is 0.828. The minimum absolute atomic E-state index is 0.0916. The van der Waals surface area contributed by atoms with Crippen molar-refractivity contribution < 1.29 is 4.74 Å². The highest BCUT2D eigenvalue weighted by atomic mass is 32.1. The standard InChI is InChI=1S/C12H20N2OS/c1-3-15-12(9-4-5-9)11(13)6-10-7-16-8(2)14-10/h7,9,11-12H,3-6,13H2,1-2H3. The van der Waals surface area contributed by atoms with E-state index in [2.05, 4.69) is 10.4 Å². The summed E-state index contributed by atoms with van der Waals surface area (Å²) in [4.78, 5) is 4.46. The van der Waals surface area contributed by atoms with Crippen LogP contribution in [0.2, 0.25) is 0 Å². The average Bonchev–Trinajstić information content (AvgIpc) is 3.00. The first-order chi connectivity index (χ1) is 7.70. The maximum atomic E-state index is 6.23. The van der Waals surface area contributed by atoms with Gasteiger partial charge in [-0.05, 0) is 32.6 Å². The summed E-state index contributed by atoms with van der Waals surface area (Å²) in [6.45, 7) is 4.82. The van der Waals surface area contributed by atoms with E-state index >= 15 is 0 Å². The largest absolute Gasteiger partial charge is 0.377 e. The fourth-order valence-electron chi connectivity index (χ4n) is 2.09. The van der Waals surface area contributed by atoms with E-state index < -0.39 is 0 Å².